The monoisotopic (exact) mass is 230 g/mol. The van der Waals surface area contributed by atoms with Crippen molar-refractivity contribution in [2.24, 2.45) is 5.92 Å². The minimum atomic E-state index is -0.895. The fraction of sp³-hybridized carbons (Fsp3) is 0.818. The highest BCUT2D eigenvalue weighted by atomic mass is 16.4. The van der Waals surface area contributed by atoms with E-state index in [-0.39, 0.29) is 11.9 Å². The van der Waals surface area contributed by atoms with Crippen molar-refractivity contribution in [2.45, 2.75) is 46.2 Å². The van der Waals surface area contributed by atoms with Crippen molar-refractivity contribution < 1.29 is 14.7 Å². The molecule has 2 unspecified atom stereocenters. The number of aliphatic carboxylic acids is 1. The van der Waals surface area contributed by atoms with Crippen LogP contribution in [0.1, 0.15) is 34.1 Å². The van der Waals surface area contributed by atoms with E-state index >= 15 is 0 Å². The third kappa shape index (κ3) is 6.40. The van der Waals surface area contributed by atoms with Gasteiger partial charge in [-0.1, -0.05) is 13.8 Å². The summed E-state index contributed by atoms with van der Waals surface area (Å²) in [5, 5.41) is 14.5. The minimum Gasteiger partial charge on any atom is -0.481 e. The van der Waals surface area contributed by atoms with Crippen LogP contribution in [-0.4, -0.2) is 35.6 Å². The van der Waals surface area contributed by atoms with Gasteiger partial charge >= 0.3 is 5.97 Å². The Balaban J connectivity index is 3.82. The van der Waals surface area contributed by atoms with E-state index in [1.54, 1.807) is 13.8 Å². The van der Waals surface area contributed by atoms with Gasteiger partial charge in [0.2, 0.25) is 5.91 Å². The smallest absolute Gasteiger partial charge is 0.308 e. The third-order valence-electron chi connectivity index (χ3n) is 2.43. The predicted molar refractivity (Wildman–Crippen MR) is 62.2 cm³/mol. The first-order chi connectivity index (χ1) is 7.34. The van der Waals surface area contributed by atoms with Crippen LogP contribution in [0.25, 0.3) is 0 Å². The molecule has 0 heterocycles. The molecular weight excluding hydrogens is 208 g/mol. The molecule has 0 aliphatic heterocycles. The normalized spacial score (nSPS) is 14.6. The van der Waals surface area contributed by atoms with Crippen LogP contribution in [0, 0.1) is 5.92 Å². The van der Waals surface area contributed by atoms with E-state index in [0.29, 0.717) is 19.0 Å². The lowest BCUT2D eigenvalue weighted by Gasteiger charge is -2.18. The number of carbonyl (C=O) groups is 2. The number of amides is 1. The number of carboxylic acids is 1. The number of carboxylic acid groups (broad SMARTS) is 1. The number of rotatable bonds is 7. The Morgan fingerprint density at radius 2 is 1.75 bits per heavy atom. The lowest BCUT2D eigenvalue weighted by molar-refractivity contribution is -0.142. The molecule has 0 saturated heterocycles. The van der Waals surface area contributed by atoms with Crippen LogP contribution >= 0.6 is 0 Å². The Morgan fingerprint density at radius 1 is 1.19 bits per heavy atom. The van der Waals surface area contributed by atoms with Crippen LogP contribution in [0.5, 0.6) is 0 Å². The van der Waals surface area contributed by atoms with Gasteiger partial charge in [-0.15, -0.1) is 0 Å². The van der Waals surface area contributed by atoms with Crippen molar-refractivity contribution in [3.63, 3.8) is 0 Å². The van der Waals surface area contributed by atoms with Gasteiger partial charge < -0.3 is 15.7 Å². The highest BCUT2D eigenvalue weighted by Gasteiger charge is 2.20. The largest absolute Gasteiger partial charge is 0.481 e. The molecule has 0 spiro atoms. The third-order valence-corrected chi connectivity index (χ3v) is 2.43. The average Bonchev–Trinajstić information content (AvgIpc) is 2.15. The van der Waals surface area contributed by atoms with Gasteiger partial charge in [-0.2, -0.15) is 0 Å². The Hall–Kier alpha value is -1.10. The summed E-state index contributed by atoms with van der Waals surface area (Å²) >= 11 is 0. The molecule has 0 saturated carbocycles. The molecular formula is C11H22N2O3. The molecule has 5 nitrogen and oxygen atoms in total. The van der Waals surface area contributed by atoms with E-state index in [2.05, 4.69) is 10.6 Å². The number of hydrogen-bond acceptors (Lipinski definition) is 3. The lowest BCUT2D eigenvalue weighted by atomic mass is 10.0. The van der Waals surface area contributed by atoms with E-state index in [1.807, 2.05) is 13.8 Å². The van der Waals surface area contributed by atoms with Crippen molar-refractivity contribution >= 4 is 11.9 Å². The van der Waals surface area contributed by atoms with Crippen LogP contribution in [0.2, 0.25) is 0 Å². The summed E-state index contributed by atoms with van der Waals surface area (Å²) in [5.74, 6) is -1.58. The van der Waals surface area contributed by atoms with Crippen LogP contribution in [0.3, 0.4) is 0 Å². The molecule has 0 aliphatic rings. The average molecular weight is 230 g/mol. The Kier molecular flexibility index (Phi) is 6.72. The molecule has 0 aliphatic carbocycles. The van der Waals surface area contributed by atoms with Crippen molar-refractivity contribution in [1.29, 1.82) is 0 Å². The second-order valence-corrected chi connectivity index (χ2v) is 4.34. The Morgan fingerprint density at radius 3 is 2.19 bits per heavy atom. The van der Waals surface area contributed by atoms with Gasteiger partial charge in [-0.05, 0) is 13.8 Å². The maximum absolute atomic E-state index is 11.4. The molecule has 0 aromatic carbocycles. The second-order valence-electron chi connectivity index (χ2n) is 4.34. The van der Waals surface area contributed by atoms with Gasteiger partial charge in [0.25, 0.3) is 0 Å². The quantitative estimate of drug-likeness (QED) is 0.598. The fourth-order valence-corrected chi connectivity index (χ4v) is 1.14. The first-order valence-corrected chi connectivity index (χ1v) is 5.60. The summed E-state index contributed by atoms with van der Waals surface area (Å²) in [7, 11) is 0. The number of carbonyl (C=O) groups excluding carboxylic acids is 1. The molecule has 0 aromatic heterocycles. The van der Waals surface area contributed by atoms with Crippen LogP contribution < -0.4 is 10.6 Å². The number of nitrogens with one attached hydrogen (secondary N) is 2. The Labute approximate surface area is 96.6 Å². The summed E-state index contributed by atoms with van der Waals surface area (Å²) in [6.07, 6.45) is 0.370. The molecule has 0 aromatic rings. The van der Waals surface area contributed by atoms with E-state index in [4.69, 9.17) is 5.11 Å². The summed E-state index contributed by atoms with van der Waals surface area (Å²) in [6, 6.07) is 0.00668. The first-order valence-electron chi connectivity index (χ1n) is 5.60. The van der Waals surface area contributed by atoms with Gasteiger partial charge in [0.15, 0.2) is 0 Å². The SMILES string of the molecule is CC(C)NCCC(=O)NC(C)C(C)C(=O)O. The molecule has 0 bridgehead atoms. The van der Waals surface area contributed by atoms with Crippen molar-refractivity contribution in [1.82, 2.24) is 10.6 Å². The molecule has 5 heteroatoms. The zero-order chi connectivity index (χ0) is 12.7. The maximum atomic E-state index is 11.4. The van der Waals surface area contributed by atoms with Crippen molar-refractivity contribution in [3.8, 4) is 0 Å². The van der Waals surface area contributed by atoms with Crippen molar-refractivity contribution in [2.75, 3.05) is 6.54 Å². The second kappa shape index (κ2) is 7.22. The van der Waals surface area contributed by atoms with Crippen LogP contribution in [-0.2, 0) is 9.59 Å². The molecule has 0 radical (unpaired) electrons. The molecule has 94 valence electrons. The highest BCUT2D eigenvalue weighted by molar-refractivity contribution is 5.78. The molecule has 16 heavy (non-hydrogen) atoms. The first kappa shape index (κ1) is 14.9. The summed E-state index contributed by atoms with van der Waals surface area (Å²) in [6.45, 7) is 7.91. The molecule has 0 rings (SSSR count). The molecule has 1 amide bonds. The van der Waals surface area contributed by atoms with Crippen LogP contribution in [0.15, 0.2) is 0 Å². The lowest BCUT2D eigenvalue weighted by Crippen LogP contribution is -2.41. The van der Waals surface area contributed by atoms with Gasteiger partial charge in [0, 0.05) is 25.0 Å². The van der Waals surface area contributed by atoms with Gasteiger partial charge in [-0.3, -0.25) is 9.59 Å². The molecule has 3 N–H and O–H groups in total. The fourth-order valence-electron chi connectivity index (χ4n) is 1.14. The summed E-state index contributed by atoms with van der Waals surface area (Å²) in [5.41, 5.74) is 0. The standard InChI is InChI=1S/C11H22N2O3/c1-7(2)12-6-5-10(14)13-9(4)8(3)11(15)16/h7-9,12H,5-6H2,1-4H3,(H,13,14)(H,15,16). The molecule has 0 fully saturated rings. The summed E-state index contributed by atoms with van der Waals surface area (Å²) < 4.78 is 0. The zero-order valence-electron chi connectivity index (χ0n) is 10.4. The van der Waals surface area contributed by atoms with Gasteiger partial charge in [0.1, 0.15) is 0 Å². The van der Waals surface area contributed by atoms with Gasteiger partial charge in [-0.25, -0.2) is 0 Å². The topological polar surface area (TPSA) is 78.4 Å². The van der Waals surface area contributed by atoms with Gasteiger partial charge in [0.05, 0.1) is 5.92 Å². The van der Waals surface area contributed by atoms with E-state index in [0.717, 1.165) is 0 Å². The van der Waals surface area contributed by atoms with E-state index in [1.165, 1.54) is 0 Å². The summed E-state index contributed by atoms with van der Waals surface area (Å²) in [4.78, 5) is 22.1. The highest BCUT2D eigenvalue weighted by Crippen LogP contribution is 2.02. The predicted octanol–water partition coefficient (Wildman–Crippen LogP) is 0.600. The van der Waals surface area contributed by atoms with E-state index in [9.17, 15) is 9.59 Å². The zero-order valence-corrected chi connectivity index (χ0v) is 10.4. The van der Waals surface area contributed by atoms with Crippen LogP contribution in [0.4, 0.5) is 0 Å². The number of hydrogen-bond donors (Lipinski definition) is 3. The maximum Gasteiger partial charge on any atom is 0.308 e. The van der Waals surface area contributed by atoms with E-state index < -0.39 is 11.9 Å². The van der Waals surface area contributed by atoms with Crippen molar-refractivity contribution in [3.05, 3.63) is 0 Å². The minimum absolute atomic E-state index is 0.117. The molecule has 2 atom stereocenters. The Bertz CT molecular complexity index is 241.